The third-order valence-electron chi connectivity index (χ3n) is 4.34. The van der Waals surface area contributed by atoms with Gasteiger partial charge in [-0.15, -0.1) is 0 Å². The first kappa shape index (κ1) is 22.2. The van der Waals surface area contributed by atoms with E-state index < -0.39 is 11.9 Å². The van der Waals surface area contributed by atoms with Crippen molar-refractivity contribution >= 4 is 51.3 Å². The van der Waals surface area contributed by atoms with Crippen molar-refractivity contribution in [1.29, 1.82) is 0 Å². The van der Waals surface area contributed by atoms with Crippen molar-refractivity contribution in [1.82, 2.24) is 0 Å². The number of rotatable bonds is 7. The molecule has 9 heteroatoms. The normalized spacial score (nSPS) is 14.5. The van der Waals surface area contributed by atoms with E-state index in [1.165, 1.54) is 29.3 Å². The van der Waals surface area contributed by atoms with Gasteiger partial charge in [0, 0.05) is 10.0 Å². The summed E-state index contributed by atoms with van der Waals surface area (Å²) in [6.45, 7) is 3.41. The van der Waals surface area contributed by atoms with Crippen LogP contribution in [0.2, 0.25) is 0 Å². The molecule has 2 aromatic rings. The number of benzene rings is 2. The van der Waals surface area contributed by atoms with Crippen molar-refractivity contribution in [3.05, 3.63) is 63.6 Å². The summed E-state index contributed by atoms with van der Waals surface area (Å²) in [5.74, 6) is -1.50. The number of carbonyl (C=O) groups is 3. The van der Waals surface area contributed by atoms with Crippen molar-refractivity contribution < 1.29 is 29.0 Å². The smallest absolute Gasteiger partial charge is 0.344 e. The van der Waals surface area contributed by atoms with Crippen LogP contribution in [0.5, 0.6) is 5.75 Å². The van der Waals surface area contributed by atoms with Crippen LogP contribution < -0.4 is 9.75 Å². The summed E-state index contributed by atoms with van der Waals surface area (Å²) in [5.41, 5.74) is 1.99. The molecule has 0 saturated heterocycles. The van der Waals surface area contributed by atoms with Crippen molar-refractivity contribution in [2.75, 3.05) is 18.2 Å². The van der Waals surface area contributed by atoms with Gasteiger partial charge in [0.1, 0.15) is 5.75 Å². The molecule has 1 aliphatic rings. The maximum absolute atomic E-state index is 13.0. The number of aromatic carboxylic acids is 1. The molecule has 160 valence electrons. The van der Waals surface area contributed by atoms with Gasteiger partial charge in [0.25, 0.3) is 5.91 Å². The number of esters is 1. The maximum Gasteiger partial charge on any atom is 0.344 e. The van der Waals surface area contributed by atoms with E-state index in [2.05, 4.69) is 21.0 Å². The number of nitrogens with zero attached hydrogens (tertiary/aromatic N) is 2. The maximum atomic E-state index is 13.0. The number of hydrazone groups is 1. The summed E-state index contributed by atoms with van der Waals surface area (Å²) in [5, 5.41) is 14.5. The molecule has 1 N–H and O–H groups in total. The molecular formula is C22H19BrN2O6. The molecule has 0 radical (unpaired) electrons. The third-order valence-corrected chi connectivity index (χ3v) is 4.84. The van der Waals surface area contributed by atoms with Gasteiger partial charge in [-0.25, -0.2) is 9.59 Å². The van der Waals surface area contributed by atoms with Gasteiger partial charge in [0.15, 0.2) is 6.61 Å². The van der Waals surface area contributed by atoms with E-state index in [9.17, 15) is 14.4 Å². The predicted octanol–water partition coefficient (Wildman–Crippen LogP) is 3.90. The number of hydrogen-bond donors (Lipinski definition) is 1. The largest absolute Gasteiger partial charge is 0.481 e. The molecule has 1 aliphatic heterocycles. The minimum Gasteiger partial charge on any atom is -0.481 e. The Morgan fingerprint density at radius 2 is 1.90 bits per heavy atom. The molecule has 0 aliphatic carbocycles. The van der Waals surface area contributed by atoms with Gasteiger partial charge >= 0.3 is 11.9 Å². The topological polar surface area (TPSA) is 106 Å². The van der Waals surface area contributed by atoms with E-state index in [-0.39, 0.29) is 24.7 Å². The van der Waals surface area contributed by atoms with Gasteiger partial charge in [0.2, 0.25) is 0 Å². The number of amides is 1. The highest BCUT2D eigenvalue weighted by atomic mass is 79.9. The van der Waals surface area contributed by atoms with E-state index in [1.54, 1.807) is 38.1 Å². The minimum atomic E-state index is -1.05. The number of anilines is 1. The Morgan fingerprint density at radius 3 is 2.55 bits per heavy atom. The molecule has 0 spiro atoms. The summed E-state index contributed by atoms with van der Waals surface area (Å²) >= 11 is 3.40. The summed E-state index contributed by atoms with van der Waals surface area (Å²) < 4.78 is 11.2. The Hall–Kier alpha value is -3.46. The van der Waals surface area contributed by atoms with Crippen LogP contribution in [-0.4, -0.2) is 41.9 Å². The molecule has 0 bridgehead atoms. The van der Waals surface area contributed by atoms with Crippen LogP contribution in [0.25, 0.3) is 6.08 Å². The Morgan fingerprint density at radius 1 is 1.19 bits per heavy atom. The third kappa shape index (κ3) is 5.18. The van der Waals surface area contributed by atoms with Crippen molar-refractivity contribution in [3.63, 3.8) is 0 Å². The molecule has 0 unspecified atom stereocenters. The lowest BCUT2D eigenvalue weighted by molar-refractivity contribution is -0.145. The average Bonchev–Trinajstić information content (AvgIpc) is 3.01. The SMILES string of the molecule is CCOC(=O)COc1ccc(Br)cc1C=C1C(=O)N(c2ccc(C(=O)O)cc2)N=C1C. The molecule has 3 rings (SSSR count). The highest BCUT2D eigenvalue weighted by Gasteiger charge is 2.29. The van der Waals surface area contributed by atoms with Gasteiger partial charge in [0.05, 0.1) is 29.1 Å². The summed E-state index contributed by atoms with van der Waals surface area (Å²) in [6, 6.07) is 11.1. The molecule has 1 heterocycles. The number of carbonyl (C=O) groups excluding carboxylic acids is 2. The van der Waals surface area contributed by atoms with Crippen molar-refractivity contribution in [2.45, 2.75) is 13.8 Å². The zero-order valence-electron chi connectivity index (χ0n) is 16.8. The zero-order valence-corrected chi connectivity index (χ0v) is 18.4. The van der Waals surface area contributed by atoms with Gasteiger partial charge in [-0.3, -0.25) is 4.79 Å². The molecule has 2 aromatic carbocycles. The number of carboxylic acids is 1. The second-order valence-electron chi connectivity index (χ2n) is 6.49. The fourth-order valence-corrected chi connectivity index (χ4v) is 3.24. The average molecular weight is 487 g/mol. The molecule has 0 saturated carbocycles. The highest BCUT2D eigenvalue weighted by Crippen LogP contribution is 2.29. The first-order valence-electron chi connectivity index (χ1n) is 9.33. The minimum absolute atomic E-state index is 0.115. The summed E-state index contributed by atoms with van der Waals surface area (Å²) in [4.78, 5) is 35.6. The van der Waals surface area contributed by atoms with E-state index in [4.69, 9.17) is 14.6 Å². The lowest BCUT2D eigenvalue weighted by atomic mass is 10.1. The molecular weight excluding hydrogens is 468 g/mol. The quantitative estimate of drug-likeness (QED) is 0.469. The molecule has 1 amide bonds. The molecule has 0 fully saturated rings. The Labute approximate surface area is 186 Å². The number of ether oxygens (including phenoxy) is 2. The fourth-order valence-electron chi connectivity index (χ4n) is 2.86. The molecule has 8 nitrogen and oxygen atoms in total. The molecule has 0 aromatic heterocycles. The van der Waals surface area contributed by atoms with Crippen LogP contribution in [0.3, 0.4) is 0 Å². The van der Waals surface area contributed by atoms with Gasteiger partial charge < -0.3 is 14.6 Å². The summed E-state index contributed by atoms with van der Waals surface area (Å²) in [6.07, 6.45) is 1.64. The standard InChI is InChI=1S/C22H19BrN2O6/c1-3-30-20(26)12-31-19-9-6-16(23)10-15(19)11-18-13(2)24-25(21(18)27)17-7-4-14(5-8-17)22(28)29/h4-11H,3,12H2,1-2H3,(H,28,29). The second-order valence-corrected chi connectivity index (χ2v) is 7.40. The Kier molecular flexibility index (Phi) is 6.86. The number of hydrogen-bond acceptors (Lipinski definition) is 6. The zero-order chi connectivity index (χ0) is 22.5. The van der Waals surface area contributed by atoms with Crippen LogP contribution in [0.1, 0.15) is 29.8 Å². The van der Waals surface area contributed by atoms with Crippen LogP contribution in [-0.2, 0) is 14.3 Å². The number of carboxylic acid groups (broad SMARTS) is 1. The lowest BCUT2D eigenvalue weighted by Crippen LogP contribution is -2.21. The van der Waals surface area contributed by atoms with Crippen LogP contribution in [0, 0.1) is 0 Å². The fraction of sp³-hybridized carbons (Fsp3) is 0.182. The van der Waals surface area contributed by atoms with E-state index in [0.29, 0.717) is 28.3 Å². The van der Waals surface area contributed by atoms with Crippen LogP contribution in [0.15, 0.2) is 57.6 Å². The Bertz CT molecular complexity index is 1090. The molecule has 0 atom stereocenters. The predicted molar refractivity (Wildman–Crippen MR) is 118 cm³/mol. The molecule has 31 heavy (non-hydrogen) atoms. The van der Waals surface area contributed by atoms with Crippen LogP contribution >= 0.6 is 15.9 Å². The Balaban J connectivity index is 1.87. The summed E-state index contributed by atoms with van der Waals surface area (Å²) in [7, 11) is 0. The van der Waals surface area contributed by atoms with Crippen LogP contribution in [0.4, 0.5) is 5.69 Å². The van der Waals surface area contributed by atoms with Gasteiger partial charge in [-0.1, -0.05) is 15.9 Å². The van der Waals surface area contributed by atoms with E-state index in [1.807, 2.05) is 0 Å². The van der Waals surface area contributed by atoms with Crippen molar-refractivity contribution in [2.24, 2.45) is 5.10 Å². The number of halogens is 1. The van der Waals surface area contributed by atoms with Gasteiger partial charge in [-0.05, 0) is 62.4 Å². The van der Waals surface area contributed by atoms with Gasteiger partial charge in [-0.2, -0.15) is 10.1 Å². The first-order chi connectivity index (χ1) is 14.8. The van der Waals surface area contributed by atoms with E-state index >= 15 is 0 Å². The van der Waals surface area contributed by atoms with E-state index in [0.717, 1.165) is 4.47 Å². The lowest BCUT2D eigenvalue weighted by Gasteiger charge is -2.12. The van der Waals surface area contributed by atoms with Crippen molar-refractivity contribution in [3.8, 4) is 5.75 Å². The first-order valence-corrected chi connectivity index (χ1v) is 10.1. The highest BCUT2D eigenvalue weighted by molar-refractivity contribution is 9.10. The second kappa shape index (κ2) is 9.57. The monoisotopic (exact) mass is 486 g/mol.